The van der Waals surface area contributed by atoms with E-state index in [1.807, 2.05) is 18.2 Å². The summed E-state index contributed by atoms with van der Waals surface area (Å²) in [5.74, 6) is 0.338. The van der Waals surface area contributed by atoms with Crippen molar-refractivity contribution in [3.05, 3.63) is 54.0 Å². The Balaban J connectivity index is 1.56. The summed E-state index contributed by atoms with van der Waals surface area (Å²) in [6, 6.07) is 10.0. The Hall–Kier alpha value is -2.23. The third kappa shape index (κ3) is 2.62. The molecule has 0 aliphatic carbocycles. The monoisotopic (exact) mass is 256 g/mol. The van der Waals surface area contributed by atoms with Gasteiger partial charge in [-0.25, -0.2) is 0 Å². The number of benzene rings is 1. The molecule has 1 aliphatic heterocycles. The molecule has 0 bridgehead atoms. The number of para-hydroxylation sites is 1. The number of furan rings is 1. The summed E-state index contributed by atoms with van der Waals surface area (Å²) in [5, 5.41) is 6.25. The molecular formula is C15H16N2O2. The van der Waals surface area contributed by atoms with Gasteiger partial charge in [-0.05, 0) is 17.7 Å². The third-order valence-electron chi connectivity index (χ3n) is 3.44. The van der Waals surface area contributed by atoms with E-state index in [0.29, 0.717) is 13.0 Å². The van der Waals surface area contributed by atoms with Gasteiger partial charge in [0.25, 0.3) is 0 Å². The van der Waals surface area contributed by atoms with Gasteiger partial charge in [0.2, 0.25) is 5.91 Å². The quantitative estimate of drug-likeness (QED) is 0.883. The van der Waals surface area contributed by atoms with Crippen LogP contribution in [0.15, 0.2) is 47.3 Å². The minimum atomic E-state index is 0.0738. The van der Waals surface area contributed by atoms with Crippen molar-refractivity contribution in [3.63, 3.8) is 0 Å². The maximum absolute atomic E-state index is 11.9. The van der Waals surface area contributed by atoms with Crippen molar-refractivity contribution in [1.29, 1.82) is 0 Å². The number of hydrogen-bond donors (Lipinski definition) is 2. The number of nitrogens with one attached hydrogen (secondary N) is 2. The molecule has 1 unspecified atom stereocenters. The molecule has 98 valence electrons. The summed E-state index contributed by atoms with van der Waals surface area (Å²) in [7, 11) is 0. The second-order valence-electron chi connectivity index (χ2n) is 4.78. The van der Waals surface area contributed by atoms with Crippen LogP contribution < -0.4 is 10.6 Å². The number of hydrogen-bond acceptors (Lipinski definition) is 3. The van der Waals surface area contributed by atoms with Gasteiger partial charge < -0.3 is 15.1 Å². The molecule has 1 aromatic heterocycles. The molecule has 1 aromatic carbocycles. The zero-order chi connectivity index (χ0) is 13.1. The van der Waals surface area contributed by atoms with Crippen molar-refractivity contribution in [2.45, 2.75) is 18.9 Å². The first-order valence-electron chi connectivity index (χ1n) is 6.43. The van der Waals surface area contributed by atoms with E-state index in [1.165, 1.54) is 5.56 Å². The first kappa shape index (κ1) is 11.8. The third-order valence-corrected chi connectivity index (χ3v) is 3.44. The molecule has 2 N–H and O–H groups in total. The largest absolute Gasteiger partial charge is 0.472 e. The molecule has 0 spiro atoms. The normalized spacial score (nSPS) is 16.7. The molecule has 1 atom stereocenters. The van der Waals surface area contributed by atoms with E-state index in [0.717, 1.165) is 17.8 Å². The topological polar surface area (TPSA) is 54.3 Å². The van der Waals surface area contributed by atoms with Crippen LogP contribution in [0.4, 0.5) is 5.69 Å². The van der Waals surface area contributed by atoms with Crippen LogP contribution in [0, 0.1) is 0 Å². The lowest BCUT2D eigenvalue weighted by atomic mass is 9.97. The smallest absolute Gasteiger partial charge is 0.220 e. The number of carbonyl (C=O) groups excluding carboxylic acids is 1. The van der Waals surface area contributed by atoms with Crippen molar-refractivity contribution in [3.8, 4) is 0 Å². The van der Waals surface area contributed by atoms with Crippen LogP contribution in [0.2, 0.25) is 0 Å². The lowest BCUT2D eigenvalue weighted by Gasteiger charge is -2.10. The zero-order valence-corrected chi connectivity index (χ0v) is 10.6. The Kier molecular flexibility index (Phi) is 3.23. The molecule has 2 heterocycles. The Bertz CT molecular complexity index is 563. The van der Waals surface area contributed by atoms with Gasteiger partial charge in [0.15, 0.2) is 0 Å². The van der Waals surface area contributed by atoms with E-state index in [4.69, 9.17) is 4.42 Å². The SMILES string of the molecule is O=C(CC1CNc2ccccc21)NCc1ccoc1. The van der Waals surface area contributed by atoms with E-state index in [-0.39, 0.29) is 11.8 Å². The summed E-state index contributed by atoms with van der Waals surface area (Å²) in [6.45, 7) is 1.36. The van der Waals surface area contributed by atoms with Crippen molar-refractivity contribution in [1.82, 2.24) is 5.32 Å². The number of carbonyl (C=O) groups is 1. The number of amides is 1. The minimum Gasteiger partial charge on any atom is -0.472 e. The molecule has 0 saturated heterocycles. The van der Waals surface area contributed by atoms with Gasteiger partial charge in [0.1, 0.15) is 0 Å². The van der Waals surface area contributed by atoms with Crippen LogP contribution in [0.5, 0.6) is 0 Å². The molecule has 2 aromatic rings. The van der Waals surface area contributed by atoms with E-state index in [9.17, 15) is 4.79 Å². The molecule has 4 heteroatoms. The highest BCUT2D eigenvalue weighted by Crippen LogP contribution is 2.32. The highest BCUT2D eigenvalue weighted by Gasteiger charge is 2.23. The first-order chi connectivity index (χ1) is 9.33. The summed E-state index contributed by atoms with van der Waals surface area (Å²) in [4.78, 5) is 11.9. The Labute approximate surface area is 111 Å². The van der Waals surface area contributed by atoms with Gasteiger partial charge in [-0.15, -0.1) is 0 Å². The summed E-state index contributed by atoms with van der Waals surface area (Å²) in [5.41, 5.74) is 3.37. The number of rotatable bonds is 4. The van der Waals surface area contributed by atoms with Gasteiger partial charge >= 0.3 is 0 Å². The lowest BCUT2D eigenvalue weighted by Crippen LogP contribution is -2.24. The Morgan fingerprint density at radius 2 is 2.26 bits per heavy atom. The van der Waals surface area contributed by atoms with Gasteiger partial charge in [0, 0.05) is 36.7 Å². The second-order valence-corrected chi connectivity index (χ2v) is 4.78. The van der Waals surface area contributed by atoms with Crippen LogP contribution in [0.25, 0.3) is 0 Å². The van der Waals surface area contributed by atoms with Gasteiger partial charge in [0.05, 0.1) is 12.5 Å². The molecule has 3 rings (SSSR count). The van der Waals surface area contributed by atoms with E-state index < -0.39 is 0 Å². The molecule has 0 fully saturated rings. The fourth-order valence-corrected chi connectivity index (χ4v) is 2.43. The van der Waals surface area contributed by atoms with Crippen LogP contribution in [-0.4, -0.2) is 12.5 Å². The van der Waals surface area contributed by atoms with Crippen molar-refractivity contribution in [2.24, 2.45) is 0 Å². The van der Waals surface area contributed by atoms with E-state index >= 15 is 0 Å². The molecule has 19 heavy (non-hydrogen) atoms. The lowest BCUT2D eigenvalue weighted by molar-refractivity contribution is -0.121. The average molecular weight is 256 g/mol. The van der Waals surface area contributed by atoms with Gasteiger partial charge in [-0.3, -0.25) is 4.79 Å². The predicted octanol–water partition coefficient (Wildman–Crippen LogP) is 2.50. The Morgan fingerprint density at radius 1 is 1.37 bits per heavy atom. The summed E-state index contributed by atoms with van der Waals surface area (Å²) < 4.78 is 4.97. The second kappa shape index (κ2) is 5.18. The Morgan fingerprint density at radius 3 is 3.11 bits per heavy atom. The van der Waals surface area contributed by atoms with Crippen molar-refractivity contribution < 1.29 is 9.21 Å². The van der Waals surface area contributed by atoms with Gasteiger partial charge in [-0.2, -0.15) is 0 Å². The fourth-order valence-electron chi connectivity index (χ4n) is 2.43. The summed E-state index contributed by atoms with van der Waals surface area (Å²) in [6.07, 6.45) is 3.77. The van der Waals surface area contributed by atoms with Crippen LogP contribution in [0.1, 0.15) is 23.5 Å². The minimum absolute atomic E-state index is 0.0738. The van der Waals surface area contributed by atoms with Crippen LogP contribution in [0.3, 0.4) is 0 Å². The fraction of sp³-hybridized carbons (Fsp3) is 0.267. The highest BCUT2D eigenvalue weighted by atomic mass is 16.3. The molecule has 1 aliphatic rings. The van der Waals surface area contributed by atoms with Crippen molar-refractivity contribution in [2.75, 3.05) is 11.9 Å². The molecule has 0 radical (unpaired) electrons. The standard InChI is InChI=1S/C15H16N2O2/c18-15(17-8-11-5-6-19-10-11)7-12-9-16-14-4-2-1-3-13(12)14/h1-6,10,12,16H,7-9H2,(H,17,18). The van der Waals surface area contributed by atoms with Gasteiger partial charge in [-0.1, -0.05) is 18.2 Å². The zero-order valence-electron chi connectivity index (χ0n) is 10.6. The molecule has 1 amide bonds. The first-order valence-corrected chi connectivity index (χ1v) is 6.43. The number of anilines is 1. The van der Waals surface area contributed by atoms with Crippen molar-refractivity contribution >= 4 is 11.6 Å². The van der Waals surface area contributed by atoms with Crippen LogP contribution >= 0.6 is 0 Å². The molecule has 4 nitrogen and oxygen atoms in total. The maximum Gasteiger partial charge on any atom is 0.220 e. The molecule has 0 saturated carbocycles. The predicted molar refractivity (Wildman–Crippen MR) is 72.8 cm³/mol. The van der Waals surface area contributed by atoms with E-state index in [2.05, 4.69) is 22.8 Å². The molecular weight excluding hydrogens is 240 g/mol. The average Bonchev–Trinajstić information content (AvgIpc) is 3.07. The van der Waals surface area contributed by atoms with Crippen LogP contribution in [-0.2, 0) is 11.3 Å². The maximum atomic E-state index is 11.9. The summed E-state index contributed by atoms with van der Waals surface area (Å²) >= 11 is 0. The highest BCUT2D eigenvalue weighted by molar-refractivity contribution is 5.78. The van der Waals surface area contributed by atoms with E-state index in [1.54, 1.807) is 12.5 Å². The number of fused-ring (bicyclic) bond motifs is 1.